The number of hydrogen-bond donors (Lipinski definition) is 0. The van der Waals surface area contributed by atoms with Crippen molar-refractivity contribution in [3.8, 4) is 5.75 Å². The van der Waals surface area contributed by atoms with Crippen molar-refractivity contribution in [3.63, 3.8) is 0 Å². The summed E-state index contributed by atoms with van der Waals surface area (Å²) < 4.78 is 8.69. The molecule has 3 aromatic heterocycles. The van der Waals surface area contributed by atoms with E-state index in [0.29, 0.717) is 17.1 Å². The zero-order chi connectivity index (χ0) is 20.7. The molecule has 5 rings (SSSR count). The summed E-state index contributed by atoms with van der Waals surface area (Å²) in [6.45, 7) is 2.01. The van der Waals surface area contributed by atoms with Crippen molar-refractivity contribution in [3.05, 3.63) is 64.5 Å². The summed E-state index contributed by atoms with van der Waals surface area (Å²) in [4.78, 5) is 22.4. The first-order valence-electron chi connectivity index (χ1n) is 10.6. The first-order chi connectivity index (χ1) is 14.7. The van der Waals surface area contributed by atoms with Crippen molar-refractivity contribution in [2.24, 2.45) is 0 Å². The third-order valence-corrected chi connectivity index (χ3v) is 6.26. The molecular weight excluding hydrogens is 378 g/mol. The summed E-state index contributed by atoms with van der Waals surface area (Å²) >= 11 is 0. The maximum Gasteiger partial charge on any atom is 0.262 e. The van der Waals surface area contributed by atoms with E-state index in [1.165, 1.54) is 19.3 Å². The van der Waals surface area contributed by atoms with Gasteiger partial charge in [-0.05, 0) is 43.5 Å². The molecule has 1 unspecified atom stereocenters. The second-order valence-electron chi connectivity index (χ2n) is 8.05. The lowest BCUT2D eigenvalue weighted by Gasteiger charge is -2.18. The molecule has 1 fully saturated rings. The van der Waals surface area contributed by atoms with Crippen LogP contribution in [0.25, 0.3) is 16.7 Å². The number of aromatic nitrogens is 5. The van der Waals surface area contributed by atoms with Crippen LogP contribution in [-0.4, -0.2) is 31.3 Å². The lowest BCUT2D eigenvalue weighted by Crippen LogP contribution is -2.24. The smallest absolute Gasteiger partial charge is 0.262 e. The van der Waals surface area contributed by atoms with Crippen molar-refractivity contribution >= 4 is 16.7 Å². The van der Waals surface area contributed by atoms with Crippen molar-refractivity contribution in [1.82, 2.24) is 24.1 Å². The third-order valence-electron chi connectivity index (χ3n) is 6.26. The first-order valence-corrected chi connectivity index (χ1v) is 10.6. The van der Waals surface area contributed by atoms with Crippen LogP contribution in [0.15, 0.2) is 47.5 Å². The van der Waals surface area contributed by atoms with Gasteiger partial charge < -0.3 is 9.30 Å². The maximum atomic E-state index is 13.3. The molecule has 1 atom stereocenters. The highest BCUT2D eigenvalue weighted by Crippen LogP contribution is 2.31. The summed E-state index contributed by atoms with van der Waals surface area (Å²) in [5, 5.41) is 5.29. The Balaban J connectivity index is 1.56. The van der Waals surface area contributed by atoms with Crippen LogP contribution in [-0.2, 0) is 0 Å². The summed E-state index contributed by atoms with van der Waals surface area (Å²) in [5.74, 6) is 2.60. The Morgan fingerprint density at radius 3 is 2.60 bits per heavy atom. The van der Waals surface area contributed by atoms with E-state index in [1.54, 1.807) is 22.4 Å². The van der Waals surface area contributed by atoms with Gasteiger partial charge >= 0.3 is 0 Å². The molecule has 0 spiro atoms. The van der Waals surface area contributed by atoms with Crippen LogP contribution in [0.5, 0.6) is 5.75 Å². The molecule has 0 saturated heterocycles. The van der Waals surface area contributed by atoms with E-state index in [1.807, 2.05) is 43.5 Å². The number of hydrogen-bond acceptors (Lipinski definition) is 5. The van der Waals surface area contributed by atoms with Crippen LogP contribution in [0, 0.1) is 0 Å². The largest absolute Gasteiger partial charge is 0.497 e. The van der Waals surface area contributed by atoms with Gasteiger partial charge in [-0.1, -0.05) is 31.4 Å². The zero-order valence-corrected chi connectivity index (χ0v) is 17.3. The molecule has 1 aromatic carbocycles. The predicted octanol–water partition coefficient (Wildman–Crippen LogP) is 4.10. The van der Waals surface area contributed by atoms with Crippen molar-refractivity contribution in [2.45, 2.75) is 51.0 Å². The SMILES string of the molecule is COc1ccc(C(C)n2ccc3c(cnc4nc(C5CCCCC5)nn43)c2=O)cc1. The van der Waals surface area contributed by atoms with E-state index < -0.39 is 0 Å². The van der Waals surface area contributed by atoms with Gasteiger partial charge in [0.1, 0.15) is 5.75 Å². The van der Waals surface area contributed by atoms with Gasteiger partial charge in [-0.25, -0.2) is 4.98 Å². The molecule has 0 bridgehead atoms. The van der Waals surface area contributed by atoms with Crippen molar-refractivity contribution in [2.75, 3.05) is 7.11 Å². The summed E-state index contributed by atoms with van der Waals surface area (Å²) in [7, 11) is 1.64. The van der Waals surface area contributed by atoms with Gasteiger partial charge in [0.2, 0.25) is 0 Å². The number of methoxy groups -OCH3 is 1. The quantitative estimate of drug-likeness (QED) is 0.513. The number of nitrogens with zero attached hydrogens (tertiary/aromatic N) is 5. The Morgan fingerprint density at radius 1 is 1.10 bits per heavy atom. The topological polar surface area (TPSA) is 74.3 Å². The van der Waals surface area contributed by atoms with E-state index >= 15 is 0 Å². The van der Waals surface area contributed by atoms with Gasteiger partial charge in [0, 0.05) is 18.3 Å². The summed E-state index contributed by atoms with van der Waals surface area (Å²) in [6, 6.07) is 9.60. The molecular formula is C23H25N5O2. The lowest BCUT2D eigenvalue weighted by molar-refractivity contribution is 0.414. The van der Waals surface area contributed by atoms with Gasteiger partial charge in [0.15, 0.2) is 5.82 Å². The minimum absolute atomic E-state index is 0.0834. The van der Waals surface area contributed by atoms with Crippen LogP contribution in [0.4, 0.5) is 0 Å². The Bertz CT molecular complexity index is 1250. The average molecular weight is 403 g/mol. The fourth-order valence-electron chi connectivity index (χ4n) is 4.43. The van der Waals surface area contributed by atoms with Crippen LogP contribution >= 0.6 is 0 Å². The van der Waals surface area contributed by atoms with Crippen molar-refractivity contribution < 1.29 is 4.74 Å². The third kappa shape index (κ3) is 3.14. The van der Waals surface area contributed by atoms with Gasteiger partial charge in [0.25, 0.3) is 11.3 Å². The molecule has 1 aliphatic carbocycles. The Hall–Kier alpha value is -3.22. The minimum Gasteiger partial charge on any atom is -0.497 e. The number of pyridine rings is 1. The molecule has 30 heavy (non-hydrogen) atoms. The molecule has 7 heteroatoms. The summed E-state index contributed by atoms with van der Waals surface area (Å²) in [6.07, 6.45) is 9.45. The second-order valence-corrected chi connectivity index (χ2v) is 8.05. The van der Waals surface area contributed by atoms with Gasteiger partial charge in [0.05, 0.1) is 24.1 Å². The highest BCUT2D eigenvalue weighted by Gasteiger charge is 2.21. The molecule has 1 saturated carbocycles. The first kappa shape index (κ1) is 18.8. The molecule has 3 heterocycles. The standard InChI is InChI=1S/C23H25N5O2/c1-15(16-8-10-18(30-2)11-9-16)27-13-12-20-19(22(27)29)14-24-23-25-21(26-28(20)23)17-6-4-3-5-7-17/h8-15,17H,3-7H2,1-2H3. The molecule has 0 aliphatic heterocycles. The second kappa shape index (κ2) is 7.55. The molecule has 4 aromatic rings. The Labute approximate surface area is 174 Å². The van der Waals surface area contributed by atoms with E-state index in [4.69, 9.17) is 9.84 Å². The van der Waals surface area contributed by atoms with E-state index in [-0.39, 0.29) is 11.6 Å². The number of benzene rings is 1. The molecule has 1 aliphatic rings. The van der Waals surface area contributed by atoms with Crippen LogP contribution in [0.2, 0.25) is 0 Å². The molecule has 0 radical (unpaired) electrons. The highest BCUT2D eigenvalue weighted by atomic mass is 16.5. The average Bonchev–Trinajstić information content (AvgIpc) is 3.24. The van der Waals surface area contributed by atoms with Crippen LogP contribution in [0.3, 0.4) is 0 Å². The molecule has 7 nitrogen and oxygen atoms in total. The normalized spacial score (nSPS) is 16.2. The predicted molar refractivity (Wildman–Crippen MR) is 115 cm³/mol. The fraction of sp³-hybridized carbons (Fsp3) is 0.391. The van der Waals surface area contributed by atoms with Crippen LogP contribution in [0.1, 0.15) is 62.4 Å². The highest BCUT2D eigenvalue weighted by molar-refractivity contribution is 5.78. The Morgan fingerprint density at radius 2 is 1.87 bits per heavy atom. The number of rotatable bonds is 4. The maximum absolute atomic E-state index is 13.3. The van der Waals surface area contributed by atoms with Gasteiger partial charge in [-0.3, -0.25) is 4.79 Å². The van der Waals surface area contributed by atoms with E-state index in [0.717, 1.165) is 35.5 Å². The van der Waals surface area contributed by atoms with E-state index in [2.05, 4.69) is 9.97 Å². The van der Waals surface area contributed by atoms with Crippen LogP contribution < -0.4 is 10.3 Å². The lowest BCUT2D eigenvalue weighted by atomic mass is 9.89. The van der Waals surface area contributed by atoms with E-state index in [9.17, 15) is 4.79 Å². The summed E-state index contributed by atoms with van der Waals surface area (Å²) in [5.41, 5.74) is 1.70. The minimum atomic E-state index is -0.114. The van der Waals surface area contributed by atoms with Gasteiger partial charge in [-0.2, -0.15) is 9.50 Å². The Kier molecular flexibility index (Phi) is 4.73. The molecule has 0 N–H and O–H groups in total. The number of ether oxygens (including phenoxy) is 1. The monoisotopic (exact) mass is 403 g/mol. The molecule has 154 valence electrons. The van der Waals surface area contributed by atoms with Gasteiger partial charge in [-0.15, -0.1) is 5.10 Å². The zero-order valence-electron chi connectivity index (χ0n) is 17.3. The fourth-order valence-corrected chi connectivity index (χ4v) is 4.43. The van der Waals surface area contributed by atoms with Crippen molar-refractivity contribution in [1.29, 1.82) is 0 Å². The molecule has 0 amide bonds. The number of fused-ring (bicyclic) bond motifs is 3.